The Kier molecular flexibility index (Phi) is 3.76. The Hall–Kier alpha value is -2.48. The summed E-state index contributed by atoms with van der Waals surface area (Å²) in [5.74, 6) is -0.383. The largest absolute Gasteiger partial charge is 0.337 e. The van der Waals surface area contributed by atoms with Crippen molar-refractivity contribution in [1.82, 2.24) is 20.4 Å². The fourth-order valence-corrected chi connectivity index (χ4v) is 2.26. The van der Waals surface area contributed by atoms with Crippen molar-refractivity contribution in [3.05, 3.63) is 34.9 Å². The van der Waals surface area contributed by atoms with E-state index in [0.717, 1.165) is 6.07 Å². The number of carbonyl (C=O) groups excluding carboxylic acids is 2. The number of nitrogens with one attached hydrogen (secondary N) is 1. The number of aromatic nitrogens is 2. The molecule has 1 fully saturated rings. The smallest absolute Gasteiger partial charge is 0.324 e. The summed E-state index contributed by atoms with van der Waals surface area (Å²) in [6.45, 7) is 0.352. The number of benzene rings is 1. The van der Waals surface area contributed by atoms with Gasteiger partial charge in [-0.05, 0) is 18.2 Å². The van der Waals surface area contributed by atoms with Crippen LogP contribution in [0.15, 0.2) is 22.7 Å². The van der Waals surface area contributed by atoms with Crippen molar-refractivity contribution in [1.29, 1.82) is 0 Å². The normalized spacial score (nSPS) is 15.1. The third kappa shape index (κ3) is 2.91. The highest BCUT2D eigenvalue weighted by Crippen LogP contribution is 2.26. The molecule has 3 rings (SSSR count). The highest BCUT2D eigenvalue weighted by Gasteiger charge is 2.25. The van der Waals surface area contributed by atoms with E-state index in [-0.39, 0.29) is 42.2 Å². The van der Waals surface area contributed by atoms with Crippen LogP contribution >= 0.6 is 11.6 Å². The number of halogens is 2. The molecule has 0 unspecified atom stereocenters. The number of amides is 3. The summed E-state index contributed by atoms with van der Waals surface area (Å²) in [6.07, 6.45) is 0.219. The van der Waals surface area contributed by atoms with Gasteiger partial charge in [-0.15, -0.1) is 0 Å². The van der Waals surface area contributed by atoms with Crippen LogP contribution in [0.4, 0.5) is 9.18 Å². The lowest BCUT2D eigenvalue weighted by Crippen LogP contribution is -2.48. The van der Waals surface area contributed by atoms with Crippen molar-refractivity contribution < 1.29 is 18.5 Å². The molecule has 1 aliphatic rings. The molecule has 1 aromatic heterocycles. The average molecular weight is 325 g/mol. The molecule has 114 valence electrons. The van der Waals surface area contributed by atoms with Gasteiger partial charge in [0, 0.05) is 18.5 Å². The maximum Gasteiger partial charge on any atom is 0.324 e. The Labute approximate surface area is 129 Å². The highest BCUT2D eigenvalue weighted by molar-refractivity contribution is 6.33. The molecule has 0 saturated carbocycles. The molecule has 22 heavy (non-hydrogen) atoms. The molecule has 1 saturated heterocycles. The summed E-state index contributed by atoms with van der Waals surface area (Å²) in [7, 11) is 0. The van der Waals surface area contributed by atoms with E-state index >= 15 is 0 Å². The second-order valence-corrected chi connectivity index (χ2v) is 5.07. The number of hydrogen-bond donors (Lipinski definition) is 1. The molecule has 2 heterocycles. The number of nitrogens with zero attached hydrogens (tertiary/aromatic N) is 3. The van der Waals surface area contributed by atoms with Gasteiger partial charge in [0.15, 0.2) is 0 Å². The molecule has 0 bridgehead atoms. The van der Waals surface area contributed by atoms with Crippen LogP contribution in [0.25, 0.3) is 11.4 Å². The Morgan fingerprint density at radius 1 is 1.41 bits per heavy atom. The predicted molar refractivity (Wildman–Crippen MR) is 73.3 cm³/mol. The van der Waals surface area contributed by atoms with E-state index in [1.54, 1.807) is 0 Å². The van der Waals surface area contributed by atoms with Crippen molar-refractivity contribution in [2.75, 3.05) is 6.54 Å². The number of hydrogen-bond acceptors (Lipinski definition) is 5. The molecule has 9 heteroatoms. The van der Waals surface area contributed by atoms with E-state index in [0.29, 0.717) is 5.56 Å². The number of rotatable bonds is 3. The van der Waals surface area contributed by atoms with Gasteiger partial charge in [0.05, 0.1) is 5.02 Å². The van der Waals surface area contributed by atoms with Crippen LogP contribution in [0.1, 0.15) is 12.3 Å². The van der Waals surface area contributed by atoms with Crippen molar-refractivity contribution in [2.24, 2.45) is 0 Å². The zero-order valence-electron chi connectivity index (χ0n) is 11.2. The summed E-state index contributed by atoms with van der Waals surface area (Å²) >= 11 is 5.93. The van der Waals surface area contributed by atoms with E-state index in [9.17, 15) is 14.0 Å². The number of imide groups is 1. The van der Waals surface area contributed by atoms with Gasteiger partial charge in [-0.2, -0.15) is 4.98 Å². The maximum absolute atomic E-state index is 13.0. The predicted octanol–water partition coefficient (Wildman–Crippen LogP) is 1.97. The SMILES string of the molecule is O=C1CCN(Cc2nc(-c3ccc(F)cc3Cl)no2)C(=O)N1. The topological polar surface area (TPSA) is 88.3 Å². The standard InChI is InChI=1S/C13H10ClFN4O3/c14-9-5-7(15)1-2-8(9)12-17-11(22-18-12)6-19-4-3-10(20)16-13(19)21/h1-2,5H,3-4,6H2,(H,16,20,21). The van der Waals surface area contributed by atoms with Gasteiger partial charge in [0.1, 0.15) is 12.4 Å². The van der Waals surface area contributed by atoms with E-state index in [1.165, 1.54) is 17.0 Å². The molecule has 1 aromatic carbocycles. The fourth-order valence-electron chi connectivity index (χ4n) is 2.01. The molecule has 0 spiro atoms. The minimum Gasteiger partial charge on any atom is -0.337 e. The minimum absolute atomic E-state index is 0.0743. The van der Waals surface area contributed by atoms with E-state index < -0.39 is 11.8 Å². The van der Waals surface area contributed by atoms with Crippen LogP contribution in [-0.2, 0) is 11.3 Å². The Balaban J connectivity index is 1.76. The number of carbonyl (C=O) groups is 2. The molecule has 1 N–H and O–H groups in total. The lowest BCUT2D eigenvalue weighted by atomic mass is 10.2. The molecule has 0 aliphatic carbocycles. The Morgan fingerprint density at radius 3 is 2.95 bits per heavy atom. The van der Waals surface area contributed by atoms with Gasteiger partial charge in [-0.3, -0.25) is 10.1 Å². The monoisotopic (exact) mass is 324 g/mol. The molecule has 7 nitrogen and oxygen atoms in total. The van der Waals surface area contributed by atoms with Crippen LogP contribution in [0.5, 0.6) is 0 Å². The van der Waals surface area contributed by atoms with Crippen molar-refractivity contribution in [3.8, 4) is 11.4 Å². The summed E-state index contributed by atoms with van der Waals surface area (Å²) in [6, 6.07) is 3.33. The van der Waals surface area contributed by atoms with Gasteiger partial charge in [0.2, 0.25) is 17.6 Å². The summed E-state index contributed by atoms with van der Waals surface area (Å²) in [5, 5.41) is 6.12. The fraction of sp³-hybridized carbons (Fsp3) is 0.231. The molecule has 2 aromatic rings. The Bertz CT molecular complexity index is 749. The van der Waals surface area contributed by atoms with E-state index in [4.69, 9.17) is 16.1 Å². The van der Waals surface area contributed by atoms with Crippen LogP contribution < -0.4 is 5.32 Å². The van der Waals surface area contributed by atoms with Gasteiger partial charge in [0.25, 0.3) is 0 Å². The van der Waals surface area contributed by atoms with Crippen LogP contribution in [-0.4, -0.2) is 33.5 Å². The lowest BCUT2D eigenvalue weighted by Gasteiger charge is -2.24. The Morgan fingerprint density at radius 2 is 2.23 bits per heavy atom. The molecule has 3 amide bonds. The second kappa shape index (κ2) is 5.72. The first-order valence-electron chi connectivity index (χ1n) is 6.39. The average Bonchev–Trinajstić information content (AvgIpc) is 2.90. The zero-order chi connectivity index (χ0) is 15.7. The summed E-state index contributed by atoms with van der Waals surface area (Å²) < 4.78 is 18.1. The first-order valence-corrected chi connectivity index (χ1v) is 6.77. The summed E-state index contributed by atoms with van der Waals surface area (Å²) in [5.41, 5.74) is 0.427. The number of urea groups is 1. The second-order valence-electron chi connectivity index (χ2n) is 4.66. The van der Waals surface area contributed by atoms with Crippen LogP contribution in [0, 0.1) is 5.82 Å². The van der Waals surface area contributed by atoms with E-state index in [1.807, 2.05) is 0 Å². The molecular weight excluding hydrogens is 315 g/mol. The van der Waals surface area contributed by atoms with Gasteiger partial charge in [-0.25, -0.2) is 9.18 Å². The van der Waals surface area contributed by atoms with Crippen LogP contribution in [0.2, 0.25) is 5.02 Å². The quantitative estimate of drug-likeness (QED) is 0.932. The van der Waals surface area contributed by atoms with Crippen molar-refractivity contribution in [2.45, 2.75) is 13.0 Å². The first kappa shape index (κ1) is 14.5. The molecule has 1 aliphatic heterocycles. The zero-order valence-corrected chi connectivity index (χ0v) is 11.9. The minimum atomic E-state index is -0.504. The van der Waals surface area contributed by atoms with Gasteiger partial charge >= 0.3 is 6.03 Å². The third-order valence-corrected chi connectivity index (χ3v) is 3.42. The van der Waals surface area contributed by atoms with E-state index in [2.05, 4.69) is 15.5 Å². The molecule has 0 atom stereocenters. The molecule has 0 radical (unpaired) electrons. The first-order chi connectivity index (χ1) is 10.5. The third-order valence-electron chi connectivity index (χ3n) is 3.11. The van der Waals surface area contributed by atoms with Crippen LogP contribution in [0.3, 0.4) is 0 Å². The van der Waals surface area contributed by atoms with Gasteiger partial charge in [-0.1, -0.05) is 16.8 Å². The highest BCUT2D eigenvalue weighted by atomic mass is 35.5. The van der Waals surface area contributed by atoms with Gasteiger partial charge < -0.3 is 9.42 Å². The molecular formula is C13H10ClFN4O3. The summed E-state index contributed by atoms with van der Waals surface area (Å²) in [4.78, 5) is 28.2. The van der Waals surface area contributed by atoms with Crippen molar-refractivity contribution in [3.63, 3.8) is 0 Å². The maximum atomic E-state index is 13.0. The van der Waals surface area contributed by atoms with Crippen molar-refractivity contribution >= 4 is 23.5 Å². The lowest BCUT2D eigenvalue weighted by molar-refractivity contribution is -0.121.